The van der Waals surface area contributed by atoms with Crippen LogP contribution in [0.4, 0.5) is 0 Å². The molecule has 1 aromatic carbocycles. The van der Waals surface area contributed by atoms with Gasteiger partial charge in [0.25, 0.3) is 5.91 Å². The number of hydrogen-bond donors (Lipinski definition) is 2. The summed E-state index contributed by atoms with van der Waals surface area (Å²) >= 11 is 1.37. The van der Waals surface area contributed by atoms with Crippen LogP contribution in [0.5, 0.6) is 0 Å². The zero-order valence-electron chi connectivity index (χ0n) is 11.6. The number of thiazole rings is 1. The van der Waals surface area contributed by atoms with E-state index in [2.05, 4.69) is 37.6 Å². The van der Waals surface area contributed by atoms with E-state index >= 15 is 0 Å². The van der Waals surface area contributed by atoms with E-state index in [4.69, 9.17) is 0 Å². The second kappa shape index (κ2) is 5.34. The van der Waals surface area contributed by atoms with Gasteiger partial charge in [0.05, 0.1) is 6.04 Å². The van der Waals surface area contributed by atoms with Gasteiger partial charge < -0.3 is 5.32 Å². The van der Waals surface area contributed by atoms with Gasteiger partial charge in [0.15, 0.2) is 10.8 Å². The minimum Gasteiger partial charge on any atom is -0.344 e. The van der Waals surface area contributed by atoms with Gasteiger partial charge in [-0.2, -0.15) is 5.10 Å². The van der Waals surface area contributed by atoms with E-state index in [0.29, 0.717) is 16.5 Å². The average Bonchev–Trinajstić information content (AvgIpc) is 3.28. The van der Waals surface area contributed by atoms with Crippen LogP contribution in [0.15, 0.2) is 36.0 Å². The van der Waals surface area contributed by atoms with Crippen LogP contribution >= 0.6 is 11.3 Å². The Morgan fingerprint density at radius 1 is 1.36 bits per heavy atom. The molecular weight excluding hydrogens is 298 g/mol. The highest BCUT2D eigenvalue weighted by molar-refractivity contribution is 7.13. The van der Waals surface area contributed by atoms with Crippen LogP contribution in [0.25, 0.3) is 10.8 Å². The molecule has 3 aromatic rings. The Morgan fingerprint density at radius 3 is 3.14 bits per heavy atom. The lowest BCUT2D eigenvalue weighted by atomic mass is 10.1. The number of rotatable bonds is 3. The Hall–Kier alpha value is -2.54. The standard InChI is InChI=1S/C15H13N5OS/c21-14(12-7-22-15(19-12)13-16-8-17-20-13)18-11-6-5-9-3-1-2-4-10(9)11/h1-4,7-8,11H,5-6H2,(H,18,21)(H,16,17,20)/t11-/m1/s1. The molecule has 1 amide bonds. The quantitative estimate of drug-likeness (QED) is 0.777. The molecule has 110 valence electrons. The maximum Gasteiger partial charge on any atom is 0.271 e. The number of hydrogen-bond acceptors (Lipinski definition) is 5. The van der Waals surface area contributed by atoms with Crippen LogP contribution in [0, 0.1) is 0 Å². The fourth-order valence-electron chi connectivity index (χ4n) is 2.73. The van der Waals surface area contributed by atoms with E-state index in [1.54, 1.807) is 5.38 Å². The molecule has 1 atom stereocenters. The number of nitrogens with one attached hydrogen (secondary N) is 2. The molecule has 0 bridgehead atoms. The fourth-order valence-corrected chi connectivity index (χ4v) is 3.48. The van der Waals surface area contributed by atoms with Crippen LogP contribution in [-0.2, 0) is 6.42 Å². The van der Waals surface area contributed by atoms with Crippen molar-refractivity contribution >= 4 is 17.2 Å². The van der Waals surface area contributed by atoms with Crippen molar-refractivity contribution in [2.75, 3.05) is 0 Å². The molecule has 0 aliphatic heterocycles. The summed E-state index contributed by atoms with van der Waals surface area (Å²) in [4.78, 5) is 20.7. The third-order valence-corrected chi connectivity index (χ3v) is 4.64. The monoisotopic (exact) mass is 311 g/mol. The fraction of sp³-hybridized carbons (Fsp3) is 0.200. The summed E-state index contributed by atoms with van der Waals surface area (Å²) in [6.07, 6.45) is 3.36. The average molecular weight is 311 g/mol. The van der Waals surface area contributed by atoms with E-state index in [9.17, 15) is 4.79 Å². The summed E-state index contributed by atoms with van der Waals surface area (Å²) in [5.41, 5.74) is 2.94. The molecular formula is C15H13N5OS. The molecule has 1 aliphatic rings. The van der Waals surface area contributed by atoms with Crippen LogP contribution < -0.4 is 5.32 Å². The second-order valence-electron chi connectivity index (χ2n) is 5.14. The maximum absolute atomic E-state index is 12.4. The second-order valence-corrected chi connectivity index (χ2v) is 5.99. The number of carbonyl (C=O) groups is 1. The van der Waals surface area contributed by atoms with E-state index in [1.165, 1.54) is 28.8 Å². The third kappa shape index (κ3) is 2.29. The predicted octanol–water partition coefficient (Wildman–Crippen LogP) is 2.35. The Morgan fingerprint density at radius 2 is 2.27 bits per heavy atom. The number of nitrogens with zero attached hydrogens (tertiary/aromatic N) is 3. The molecule has 7 heteroatoms. The van der Waals surface area contributed by atoms with Gasteiger partial charge in [-0.05, 0) is 24.0 Å². The van der Waals surface area contributed by atoms with Crippen molar-refractivity contribution in [1.82, 2.24) is 25.5 Å². The van der Waals surface area contributed by atoms with Gasteiger partial charge >= 0.3 is 0 Å². The van der Waals surface area contributed by atoms with Gasteiger partial charge in [0, 0.05) is 5.38 Å². The van der Waals surface area contributed by atoms with Gasteiger partial charge in [0.1, 0.15) is 12.0 Å². The highest BCUT2D eigenvalue weighted by atomic mass is 32.1. The summed E-state index contributed by atoms with van der Waals surface area (Å²) in [6.45, 7) is 0. The van der Waals surface area contributed by atoms with Gasteiger partial charge in [-0.3, -0.25) is 9.89 Å². The Labute approximate surface area is 130 Å². The molecule has 2 aromatic heterocycles. The number of H-pyrrole nitrogens is 1. The summed E-state index contributed by atoms with van der Waals surface area (Å²) in [7, 11) is 0. The molecule has 22 heavy (non-hydrogen) atoms. The zero-order valence-corrected chi connectivity index (χ0v) is 12.4. The largest absolute Gasteiger partial charge is 0.344 e. The van der Waals surface area contributed by atoms with E-state index in [0.717, 1.165) is 12.8 Å². The number of aryl methyl sites for hydroxylation is 1. The summed E-state index contributed by atoms with van der Waals surface area (Å²) in [5.74, 6) is 0.430. The van der Waals surface area contributed by atoms with Crippen LogP contribution in [-0.4, -0.2) is 26.1 Å². The number of amides is 1. The van der Waals surface area contributed by atoms with E-state index in [1.807, 2.05) is 12.1 Å². The van der Waals surface area contributed by atoms with Crippen molar-refractivity contribution in [3.8, 4) is 10.8 Å². The SMILES string of the molecule is O=C(N[C@@H]1CCc2ccccc21)c1csc(-c2ncn[nH]2)n1. The molecule has 0 spiro atoms. The summed E-state index contributed by atoms with van der Waals surface area (Å²) in [6, 6.07) is 8.31. The Kier molecular flexibility index (Phi) is 3.19. The predicted molar refractivity (Wildman–Crippen MR) is 82.5 cm³/mol. The lowest BCUT2D eigenvalue weighted by molar-refractivity contribution is 0.0932. The number of carbonyl (C=O) groups excluding carboxylic acids is 1. The Bertz CT molecular complexity index is 811. The molecule has 0 radical (unpaired) electrons. The lowest BCUT2D eigenvalue weighted by Crippen LogP contribution is -2.27. The molecule has 0 saturated heterocycles. The smallest absolute Gasteiger partial charge is 0.271 e. The van der Waals surface area contributed by atoms with Gasteiger partial charge in [-0.25, -0.2) is 9.97 Å². The van der Waals surface area contributed by atoms with E-state index < -0.39 is 0 Å². The third-order valence-electron chi connectivity index (χ3n) is 3.79. The van der Waals surface area contributed by atoms with E-state index in [-0.39, 0.29) is 11.9 Å². The van der Waals surface area contributed by atoms with Crippen LogP contribution in [0.3, 0.4) is 0 Å². The highest BCUT2D eigenvalue weighted by Gasteiger charge is 2.24. The summed E-state index contributed by atoms with van der Waals surface area (Å²) in [5, 5.41) is 12.0. The maximum atomic E-state index is 12.4. The number of aromatic amines is 1. The van der Waals surface area contributed by atoms with Crippen LogP contribution in [0.2, 0.25) is 0 Å². The normalized spacial score (nSPS) is 16.5. The lowest BCUT2D eigenvalue weighted by Gasteiger charge is -2.12. The molecule has 0 saturated carbocycles. The Balaban J connectivity index is 1.52. The molecule has 4 rings (SSSR count). The van der Waals surface area contributed by atoms with Gasteiger partial charge in [-0.1, -0.05) is 24.3 Å². The number of aromatic nitrogens is 4. The topological polar surface area (TPSA) is 83.6 Å². The van der Waals surface area contributed by atoms with Gasteiger partial charge in [0.2, 0.25) is 0 Å². The number of fused-ring (bicyclic) bond motifs is 1. The highest BCUT2D eigenvalue weighted by Crippen LogP contribution is 2.31. The molecule has 1 aliphatic carbocycles. The molecule has 0 unspecified atom stereocenters. The molecule has 0 fully saturated rings. The molecule has 2 N–H and O–H groups in total. The van der Waals surface area contributed by atoms with Crippen molar-refractivity contribution in [2.24, 2.45) is 0 Å². The zero-order chi connectivity index (χ0) is 14.9. The first-order valence-corrected chi connectivity index (χ1v) is 7.89. The molecule has 6 nitrogen and oxygen atoms in total. The van der Waals surface area contributed by atoms with Crippen molar-refractivity contribution in [3.63, 3.8) is 0 Å². The summed E-state index contributed by atoms with van der Waals surface area (Å²) < 4.78 is 0. The minimum atomic E-state index is -0.149. The minimum absolute atomic E-state index is 0.0686. The van der Waals surface area contributed by atoms with Gasteiger partial charge in [-0.15, -0.1) is 11.3 Å². The van der Waals surface area contributed by atoms with Crippen molar-refractivity contribution < 1.29 is 4.79 Å². The van der Waals surface area contributed by atoms with Crippen molar-refractivity contribution in [2.45, 2.75) is 18.9 Å². The first kappa shape index (κ1) is 13.1. The van der Waals surface area contributed by atoms with Crippen molar-refractivity contribution in [3.05, 3.63) is 52.8 Å². The first-order valence-electron chi connectivity index (χ1n) is 7.01. The van der Waals surface area contributed by atoms with Crippen LogP contribution in [0.1, 0.15) is 34.1 Å². The van der Waals surface area contributed by atoms with Crippen molar-refractivity contribution in [1.29, 1.82) is 0 Å². The molecule has 2 heterocycles. The number of benzene rings is 1. The first-order chi connectivity index (χ1) is 10.8.